The zero-order valence-corrected chi connectivity index (χ0v) is 17.8. The van der Waals surface area contributed by atoms with Crippen molar-refractivity contribution in [3.8, 4) is 0 Å². The summed E-state index contributed by atoms with van der Waals surface area (Å²) in [6.07, 6.45) is 2.54. The molecule has 3 amide bonds. The lowest BCUT2D eigenvalue weighted by molar-refractivity contribution is -0.119. The van der Waals surface area contributed by atoms with Crippen molar-refractivity contribution in [2.45, 2.75) is 25.8 Å². The standard InChI is InChI=1S/C25H27N5O2/c26-18-19-7-6-10-23(17-19)30(22-8-2-1-3-9-22)28-25(32)27-20-12-14-21(15-13-20)29-16-5-4-11-24(29)31/h1-3,6-10,12-15,17H,4-5,11,16,18,26H2,(H2,27,28,32). The molecule has 4 rings (SSSR count). The summed E-state index contributed by atoms with van der Waals surface area (Å²) in [6, 6.07) is 24.2. The smallest absolute Gasteiger partial charge is 0.326 e. The predicted octanol–water partition coefficient (Wildman–Crippen LogP) is 4.54. The molecule has 0 unspecified atom stereocenters. The van der Waals surface area contributed by atoms with Gasteiger partial charge in [0.1, 0.15) is 0 Å². The van der Waals surface area contributed by atoms with E-state index in [1.54, 1.807) is 22.0 Å². The van der Waals surface area contributed by atoms with Crippen molar-refractivity contribution in [1.29, 1.82) is 0 Å². The van der Waals surface area contributed by atoms with Crippen LogP contribution in [0.15, 0.2) is 78.9 Å². The van der Waals surface area contributed by atoms with Crippen molar-refractivity contribution in [3.05, 3.63) is 84.4 Å². The molecule has 7 heteroatoms. The number of anilines is 4. The molecule has 1 aliphatic heterocycles. The molecule has 164 valence electrons. The molecule has 32 heavy (non-hydrogen) atoms. The molecule has 1 heterocycles. The van der Waals surface area contributed by atoms with Crippen molar-refractivity contribution in [1.82, 2.24) is 5.43 Å². The van der Waals surface area contributed by atoms with E-state index in [1.807, 2.05) is 66.7 Å². The zero-order chi connectivity index (χ0) is 22.3. The fourth-order valence-electron chi connectivity index (χ4n) is 3.74. The van der Waals surface area contributed by atoms with Crippen molar-refractivity contribution in [2.24, 2.45) is 5.73 Å². The summed E-state index contributed by atoms with van der Waals surface area (Å²) in [5.74, 6) is 0.146. The fraction of sp³-hybridized carbons (Fsp3) is 0.200. The van der Waals surface area contributed by atoms with Gasteiger partial charge in [-0.05, 0) is 66.9 Å². The quantitative estimate of drug-likeness (QED) is 0.502. The van der Waals surface area contributed by atoms with Gasteiger partial charge in [-0.2, -0.15) is 0 Å². The maximum atomic E-state index is 12.8. The van der Waals surface area contributed by atoms with E-state index in [2.05, 4.69) is 10.7 Å². The highest BCUT2D eigenvalue weighted by atomic mass is 16.2. The van der Waals surface area contributed by atoms with Crippen molar-refractivity contribution < 1.29 is 9.59 Å². The maximum Gasteiger partial charge on any atom is 0.338 e. The number of hydrazine groups is 1. The summed E-state index contributed by atoms with van der Waals surface area (Å²) in [5, 5.41) is 4.58. The SMILES string of the molecule is NCc1cccc(N(NC(=O)Nc2ccc(N3CCCCC3=O)cc2)c2ccccc2)c1. The normalized spacial score (nSPS) is 13.5. The van der Waals surface area contributed by atoms with Crippen LogP contribution < -0.4 is 26.4 Å². The van der Waals surface area contributed by atoms with Crippen LogP contribution in [0.1, 0.15) is 24.8 Å². The van der Waals surface area contributed by atoms with E-state index in [1.165, 1.54) is 0 Å². The van der Waals surface area contributed by atoms with Gasteiger partial charge in [-0.15, -0.1) is 0 Å². The number of amides is 3. The first kappa shape index (κ1) is 21.4. The van der Waals surface area contributed by atoms with Crippen LogP contribution in [-0.4, -0.2) is 18.5 Å². The van der Waals surface area contributed by atoms with Gasteiger partial charge in [0, 0.05) is 30.9 Å². The van der Waals surface area contributed by atoms with E-state index in [0.29, 0.717) is 18.7 Å². The average Bonchev–Trinajstić information content (AvgIpc) is 2.84. The molecule has 4 N–H and O–H groups in total. The van der Waals surface area contributed by atoms with Crippen LogP contribution in [0.3, 0.4) is 0 Å². The first-order valence-electron chi connectivity index (χ1n) is 10.8. The van der Waals surface area contributed by atoms with E-state index < -0.39 is 0 Å². The highest BCUT2D eigenvalue weighted by Gasteiger charge is 2.19. The minimum atomic E-state index is -0.381. The Morgan fingerprint density at radius 3 is 2.41 bits per heavy atom. The second-order valence-electron chi connectivity index (χ2n) is 7.66. The number of nitrogens with two attached hydrogens (primary N) is 1. The lowest BCUT2D eigenvalue weighted by Crippen LogP contribution is -2.41. The second kappa shape index (κ2) is 9.98. The number of para-hydroxylation sites is 1. The number of benzene rings is 3. The van der Waals surface area contributed by atoms with Gasteiger partial charge in [0.25, 0.3) is 0 Å². The lowest BCUT2D eigenvalue weighted by atomic mass is 10.1. The van der Waals surface area contributed by atoms with Crippen molar-refractivity contribution in [3.63, 3.8) is 0 Å². The van der Waals surface area contributed by atoms with Crippen LogP contribution in [0.4, 0.5) is 27.5 Å². The van der Waals surface area contributed by atoms with Gasteiger partial charge in [0.15, 0.2) is 0 Å². The summed E-state index contributed by atoms with van der Waals surface area (Å²) in [6.45, 7) is 1.15. The topological polar surface area (TPSA) is 90.7 Å². The van der Waals surface area contributed by atoms with Crippen molar-refractivity contribution >= 4 is 34.7 Å². The number of nitrogens with zero attached hydrogens (tertiary/aromatic N) is 2. The van der Waals surface area contributed by atoms with Crippen molar-refractivity contribution in [2.75, 3.05) is 21.8 Å². The van der Waals surface area contributed by atoms with Crippen LogP contribution in [0, 0.1) is 0 Å². The second-order valence-corrected chi connectivity index (χ2v) is 7.66. The van der Waals surface area contributed by atoms with Crippen LogP contribution in [-0.2, 0) is 11.3 Å². The number of carbonyl (C=O) groups is 2. The van der Waals surface area contributed by atoms with E-state index in [4.69, 9.17) is 5.73 Å². The van der Waals surface area contributed by atoms with Crippen LogP contribution in [0.2, 0.25) is 0 Å². The molecule has 0 aromatic heterocycles. The molecule has 0 bridgehead atoms. The predicted molar refractivity (Wildman–Crippen MR) is 128 cm³/mol. The van der Waals surface area contributed by atoms with Crippen LogP contribution in [0.5, 0.6) is 0 Å². The third kappa shape index (κ3) is 5.07. The molecule has 3 aromatic rings. The molecular formula is C25H27N5O2. The Labute approximate surface area is 187 Å². The zero-order valence-electron chi connectivity index (χ0n) is 17.8. The summed E-state index contributed by atoms with van der Waals surface area (Å²) in [7, 11) is 0. The number of carbonyl (C=O) groups excluding carboxylic acids is 2. The number of rotatable bonds is 6. The summed E-state index contributed by atoms with van der Waals surface area (Å²) < 4.78 is 0. The van der Waals surface area contributed by atoms with E-state index in [9.17, 15) is 9.59 Å². The minimum absolute atomic E-state index is 0.146. The van der Waals surface area contributed by atoms with Crippen LogP contribution in [0.25, 0.3) is 0 Å². The summed E-state index contributed by atoms with van der Waals surface area (Å²) in [5.41, 5.74) is 12.8. The van der Waals surface area contributed by atoms with E-state index >= 15 is 0 Å². The Kier molecular flexibility index (Phi) is 6.67. The van der Waals surface area contributed by atoms with Gasteiger partial charge in [0.05, 0.1) is 11.4 Å². The molecule has 0 aliphatic carbocycles. The average molecular weight is 430 g/mol. The molecular weight excluding hydrogens is 402 g/mol. The largest absolute Gasteiger partial charge is 0.338 e. The lowest BCUT2D eigenvalue weighted by Gasteiger charge is -2.27. The summed E-state index contributed by atoms with van der Waals surface area (Å²) in [4.78, 5) is 26.7. The number of nitrogens with one attached hydrogen (secondary N) is 2. The first-order valence-corrected chi connectivity index (χ1v) is 10.8. The highest BCUT2D eigenvalue weighted by Crippen LogP contribution is 2.25. The Hall–Kier alpha value is -3.84. The van der Waals surface area contributed by atoms with Gasteiger partial charge in [-0.25, -0.2) is 10.2 Å². The third-order valence-corrected chi connectivity index (χ3v) is 5.39. The van der Waals surface area contributed by atoms with Gasteiger partial charge in [-0.3, -0.25) is 9.80 Å². The Balaban J connectivity index is 1.48. The van der Waals surface area contributed by atoms with Gasteiger partial charge in [0.2, 0.25) is 5.91 Å². The summed E-state index contributed by atoms with van der Waals surface area (Å²) >= 11 is 0. The number of piperidine rings is 1. The monoisotopic (exact) mass is 429 g/mol. The third-order valence-electron chi connectivity index (χ3n) is 5.39. The van der Waals surface area contributed by atoms with E-state index in [-0.39, 0.29) is 11.9 Å². The molecule has 1 fully saturated rings. The molecule has 3 aromatic carbocycles. The number of hydrogen-bond acceptors (Lipinski definition) is 4. The van der Waals surface area contributed by atoms with Gasteiger partial charge in [-0.1, -0.05) is 30.3 Å². The number of hydrogen-bond donors (Lipinski definition) is 3. The van der Waals surface area contributed by atoms with Gasteiger partial charge >= 0.3 is 6.03 Å². The number of urea groups is 1. The molecule has 0 atom stereocenters. The van der Waals surface area contributed by atoms with Crippen LogP contribution >= 0.6 is 0 Å². The highest BCUT2D eigenvalue weighted by molar-refractivity contribution is 5.95. The van der Waals surface area contributed by atoms with Gasteiger partial charge < -0.3 is 16.0 Å². The molecule has 7 nitrogen and oxygen atoms in total. The first-order chi connectivity index (χ1) is 15.6. The maximum absolute atomic E-state index is 12.8. The Morgan fingerprint density at radius 1 is 0.938 bits per heavy atom. The minimum Gasteiger partial charge on any atom is -0.326 e. The Morgan fingerprint density at radius 2 is 1.69 bits per heavy atom. The Bertz CT molecular complexity index is 1070. The van der Waals surface area contributed by atoms with E-state index in [0.717, 1.165) is 42.0 Å². The molecule has 0 radical (unpaired) electrons. The fourth-order valence-corrected chi connectivity index (χ4v) is 3.74. The molecule has 0 saturated carbocycles. The molecule has 1 saturated heterocycles. The molecule has 1 aliphatic rings. The molecule has 0 spiro atoms.